The fraction of sp³-hybridized carbons (Fsp3) is 0.176. The summed E-state index contributed by atoms with van der Waals surface area (Å²) in [5.41, 5.74) is 4.01. The number of anilines is 1. The molecule has 0 fully saturated rings. The molecule has 0 aliphatic rings. The molecule has 0 aliphatic carbocycles. The minimum Gasteiger partial charge on any atom is -0.478 e. The number of carboxylic acids is 1. The van der Waals surface area contributed by atoms with Crippen LogP contribution in [0.1, 0.15) is 37.4 Å². The summed E-state index contributed by atoms with van der Waals surface area (Å²) in [5, 5.41) is 11.8. The summed E-state index contributed by atoms with van der Waals surface area (Å²) >= 11 is 0. The first-order valence-electron chi connectivity index (χ1n) is 6.61. The topological polar surface area (TPSA) is 66.4 Å². The quantitative estimate of drug-likeness (QED) is 0.905. The molecule has 2 rings (SSSR count). The summed E-state index contributed by atoms with van der Waals surface area (Å²) in [7, 11) is 0. The molecular formula is C17H17NO3. The molecule has 0 atom stereocenters. The number of aromatic carboxylic acids is 1. The van der Waals surface area contributed by atoms with Gasteiger partial charge in [-0.05, 0) is 55.7 Å². The van der Waals surface area contributed by atoms with Crippen molar-refractivity contribution in [1.29, 1.82) is 0 Å². The molecule has 0 spiro atoms. The van der Waals surface area contributed by atoms with E-state index >= 15 is 0 Å². The molecule has 0 aromatic heterocycles. The molecule has 108 valence electrons. The number of rotatable bonds is 3. The van der Waals surface area contributed by atoms with Gasteiger partial charge in [0.2, 0.25) is 0 Å². The smallest absolute Gasteiger partial charge is 0.335 e. The van der Waals surface area contributed by atoms with Gasteiger partial charge in [0.25, 0.3) is 5.91 Å². The number of aryl methyl sites for hydroxylation is 3. The van der Waals surface area contributed by atoms with Gasteiger partial charge in [-0.2, -0.15) is 0 Å². The summed E-state index contributed by atoms with van der Waals surface area (Å²) < 4.78 is 0. The Labute approximate surface area is 123 Å². The molecule has 0 heterocycles. The molecule has 0 saturated heterocycles. The number of carbonyl (C=O) groups is 2. The first-order valence-corrected chi connectivity index (χ1v) is 6.61. The molecule has 0 aliphatic heterocycles. The second kappa shape index (κ2) is 5.79. The van der Waals surface area contributed by atoms with Crippen LogP contribution < -0.4 is 5.32 Å². The van der Waals surface area contributed by atoms with Crippen LogP contribution in [0.25, 0.3) is 0 Å². The summed E-state index contributed by atoms with van der Waals surface area (Å²) in [6, 6.07) is 10.3. The van der Waals surface area contributed by atoms with Crippen molar-refractivity contribution in [2.45, 2.75) is 20.8 Å². The summed E-state index contributed by atoms with van der Waals surface area (Å²) in [4.78, 5) is 23.3. The molecule has 0 saturated carbocycles. The lowest BCUT2D eigenvalue weighted by molar-refractivity contribution is 0.0696. The number of hydrogen-bond donors (Lipinski definition) is 2. The average molecular weight is 283 g/mol. The molecule has 1 amide bonds. The van der Waals surface area contributed by atoms with Crippen molar-refractivity contribution < 1.29 is 14.7 Å². The lowest BCUT2D eigenvalue weighted by atomic mass is 10.0. The van der Waals surface area contributed by atoms with Crippen molar-refractivity contribution in [2.75, 3.05) is 5.32 Å². The van der Waals surface area contributed by atoms with Crippen molar-refractivity contribution in [3.05, 3.63) is 64.2 Å². The van der Waals surface area contributed by atoms with Crippen LogP contribution in [0.15, 0.2) is 36.4 Å². The van der Waals surface area contributed by atoms with Gasteiger partial charge in [-0.1, -0.05) is 18.2 Å². The average Bonchev–Trinajstić information content (AvgIpc) is 2.40. The Kier molecular flexibility index (Phi) is 4.08. The Morgan fingerprint density at radius 1 is 0.952 bits per heavy atom. The van der Waals surface area contributed by atoms with Crippen molar-refractivity contribution in [2.24, 2.45) is 0 Å². The van der Waals surface area contributed by atoms with Gasteiger partial charge in [0, 0.05) is 11.3 Å². The van der Waals surface area contributed by atoms with E-state index in [1.54, 1.807) is 19.1 Å². The van der Waals surface area contributed by atoms with E-state index in [4.69, 9.17) is 5.11 Å². The first-order chi connectivity index (χ1) is 9.90. The number of amides is 1. The van der Waals surface area contributed by atoms with Crippen LogP contribution in [0, 0.1) is 20.8 Å². The lowest BCUT2D eigenvalue weighted by Gasteiger charge is -2.12. The first kappa shape index (κ1) is 14.8. The van der Waals surface area contributed by atoms with Gasteiger partial charge in [-0.25, -0.2) is 4.79 Å². The molecule has 0 radical (unpaired) electrons. The molecule has 4 heteroatoms. The third-order valence-corrected chi connectivity index (χ3v) is 3.43. The van der Waals surface area contributed by atoms with E-state index in [1.165, 1.54) is 6.07 Å². The fourth-order valence-corrected chi connectivity index (χ4v) is 2.29. The van der Waals surface area contributed by atoms with Crippen molar-refractivity contribution in [1.82, 2.24) is 0 Å². The minimum atomic E-state index is -0.981. The van der Waals surface area contributed by atoms with Gasteiger partial charge >= 0.3 is 5.97 Å². The molecule has 21 heavy (non-hydrogen) atoms. The van der Waals surface area contributed by atoms with Gasteiger partial charge < -0.3 is 10.4 Å². The summed E-state index contributed by atoms with van der Waals surface area (Å²) in [6.45, 7) is 5.55. The number of nitrogens with one attached hydrogen (secondary N) is 1. The zero-order valence-electron chi connectivity index (χ0n) is 12.2. The number of hydrogen-bond acceptors (Lipinski definition) is 2. The van der Waals surface area contributed by atoms with E-state index < -0.39 is 5.97 Å². The Balaban J connectivity index is 2.30. The molecule has 4 nitrogen and oxygen atoms in total. The number of benzene rings is 2. The van der Waals surface area contributed by atoms with E-state index in [1.807, 2.05) is 32.0 Å². The molecule has 0 bridgehead atoms. The van der Waals surface area contributed by atoms with E-state index in [0.717, 1.165) is 16.7 Å². The van der Waals surface area contributed by atoms with Crippen LogP contribution in [-0.2, 0) is 0 Å². The lowest BCUT2D eigenvalue weighted by Crippen LogP contribution is -2.16. The standard InChI is InChI=1S/C17H17NO3/c1-10-5-4-6-11(2)15(10)16(19)18-14-8-7-13(17(20)21)9-12(14)3/h4-9H,1-3H3,(H,18,19)(H,20,21). The SMILES string of the molecule is Cc1cc(C(=O)O)ccc1NC(=O)c1c(C)cccc1C. The highest BCUT2D eigenvalue weighted by atomic mass is 16.4. The van der Waals surface area contributed by atoms with Crippen molar-refractivity contribution in [3.8, 4) is 0 Å². The van der Waals surface area contributed by atoms with E-state index in [0.29, 0.717) is 11.3 Å². The van der Waals surface area contributed by atoms with Crippen molar-refractivity contribution in [3.63, 3.8) is 0 Å². The monoisotopic (exact) mass is 283 g/mol. The van der Waals surface area contributed by atoms with Crippen molar-refractivity contribution >= 4 is 17.6 Å². The highest BCUT2D eigenvalue weighted by molar-refractivity contribution is 6.06. The van der Waals surface area contributed by atoms with Crippen LogP contribution in [0.3, 0.4) is 0 Å². The third-order valence-electron chi connectivity index (χ3n) is 3.43. The Morgan fingerprint density at radius 2 is 1.57 bits per heavy atom. The number of carboxylic acid groups (broad SMARTS) is 1. The predicted molar refractivity (Wildman–Crippen MR) is 82.0 cm³/mol. The Morgan fingerprint density at radius 3 is 2.10 bits per heavy atom. The molecule has 2 N–H and O–H groups in total. The molecule has 0 unspecified atom stereocenters. The van der Waals surface area contributed by atoms with Crippen LogP contribution >= 0.6 is 0 Å². The van der Waals surface area contributed by atoms with Crippen LogP contribution in [0.4, 0.5) is 5.69 Å². The van der Waals surface area contributed by atoms with Gasteiger partial charge in [0.15, 0.2) is 0 Å². The highest BCUT2D eigenvalue weighted by Crippen LogP contribution is 2.20. The normalized spacial score (nSPS) is 10.2. The maximum Gasteiger partial charge on any atom is 0.335 e. The van der Waals surface area contributed by atoms with Gasteiger partial charge in [-0.15, -0.1) is 0 Å². The van der Waals surface area contributed by atoms with Gasteiger partial charge in [0.1, 0.15) is 0 Å². The van der Waals surface area contributed by atoms with Gasteiger partial charge in [0.05, 0.1) is 5.56 Å². The van der Waals surface area contributed by atoms with Gasteiger partial charge in [-0.3, -0.25) is 4.79 Å². The largest absolute Gasteiger partial charge is 0.478 e. The minimum absolute atomic E-state index is 0.184. The highest BCUT2D eigenvalue weighted by Gasteiger charge is 2.13. The Bertz CT molecular complexity index is 700. The predicted octanol–water partition coefficient (Wildman–Crippen LogP) is 3.56. The Hall–Kier alpha value is -2.62. The van der Waals surface area contributed by atoms with Crippen LogP contribution in [0.5, 0.6) is 0 Å². The zero-order chi connectivity index (χ0) is 15.6. The zero-order valence-corrected chi connectivity index (χ0v) is 12.2. The number of carbonyl (C=O) groups excluding carboxylic acids is 1. The van der Waals surface area contributed by atoms with E-state index in [9.17, 15) is 9.59 Å². The maximum atomic E-state index is 12.4. The maximum absolute atomic E-state index is 12.4. The second-order valence-corrected chi connectivity index (χ2v) is 5.06. The summed E-state index contributed by atoms with van der Waals surface area (Å²) in [6.07, 6.45) is 0. The van der Waals surface area contributed by atoms with Crippen LogP contribution in [0.2, 0.25) is 0 Å². The fourth-order valence-electron chi connectivity index (χ4n) is 2.29. The van der Waals surface area contributed by atoms with E-state index in [-0.39, 0.29) is 11.5 Å². The molecular weight excluding hydrogens is 266 g/mol. The molecule has 2 aromatic rings. The van der Waals surface area contributed by atoms with E-state index in [2.05, 4.69) is 5.32 Å². The molecule has 2 aromatic carbocycles. The second-order valence-electron chi connectivity index (χ2n) is 5.06. The van der Waals surface area contributed by atoms with Crippen LogP contribution in [-0.4, -0.2) is 17.0 Å². The summed E-state index contributed by atoms with van der Waals surface area (Å²) in [5.74, 6) is -1.16. The third kappa shape index (κ3) is 3.11.